The molecule has 0 amide bonds. The van der Waals surface area contributed by atoms with Crippen molar-refractivity contribution >= 4 is 65.4 Å². The molecule has 0 unspecified atom stereocenters. The summed E-state index contributed by atoms with van der Waals surface area (Å²) in [5.41, 5.74) is 16.9. The van der Waals surface area contributed by atoms with E-state index in [0.29, 0.717) is 0 Å². The standard InChI is InChI=1S/C57H38N4/c1-57(2)46-20-10-8-18-41(46)42-28-24-38(34-47(42)57)55-56(59-49-22-12-11-21-48(49)58-55)61-50-23-13-9-19-43(50)44-32-36(26-29-51(44)61)37-27-30-52-45(33-37)54-40-17-7-6-14-35(40)25-31-53(54)60(52)39-15-4-3-5-16-39/h3-34H,1-2H3. The van der Waals surface area contributed by atoms with Crippen molar-refractivity contribution in [2.75, 3.05) is 0 Å². The maximum absolute atomic E-state index is 5.46. The molecule has 61 heavy (non-hydrogen) atoms. The van der Waals surface area contributed by atoms with Crippen LogP contribution in [0.1, 0.15) is 25.0 Å². The molecule has 0 spiro atoms. The fourth-order valence-corrected chi connectivity index (χ4v) is 10.4. The SMILES string of the molecule is CC1(C)c2ccccc2-c2ccc(-c3nc4ccccc4nc3-n3c4ccccc4c4cc(-c5ccc6c(c5)c5c7ccccc7ccc5n6-c5ccccc5)ccc43)cc21. The van der Waals surface area contributed by atoms with Gasteiger partial charge in [0.15, 0.2) is 5.82 Å². The Labute approximate surface area is 352 Å². The van der Waals surface area contributed by atoms with Gasteiger partial charge in [0, 0.05) is 38.2 Å². The predicted molar refractivity (Wildman–Crippen MR) is 254 cm³/mol. The predicted octanol–water partition coefficient (Wildman–Crippen LogP) is 14.6. The molecular weight excluding hydrogens is 741 g/mol. The van der Waals surface area contributed by atoms with Crippen molar-refractivity contribution in [3.63, 3.8) is 0 Å². The second-order valence-electron chi connectivity index (χ2n) is 17.0. The van der Waals surface area contributed by atoms with Crippen LogP contribution in [0.3, 0.4) is 0 Å². The maximum Gasteiger partial charge on any atom is 0.165 e. The van der Waals surface area contributed by atoms with Gasteiger partial charge in [0.2, 0.25) is 0 Å². The average molecular weight is 779 g/mol. The third-order valence-corrected chi connectivity index (χ3v) is 13.3. The van der Waals surface area contributed by atoms with Crippen LogP contribution in [0, 0.1) is 0 Å². The van der Waals surface area contributed by atoms with Crippen molar-refractivity contribution in [1.82, 2.24) is 19.1 Å². The van der Waals surface area contributed by atoms with Gasteiger partial charge in [-0.15, -0.1) is 0 Å². The second-order valence-corrected chi connectivity index (χ2v) is 17.0. The van der Waals surface area contributed by atoms with Gasteiger partial charge < -0.3 is 4.57 Å². The topological polar surface area (TPSA) is 35.6 Å². The first-order valence-corrected chi connectivity index (χ1v) is 21.1. The molecule has 9 aromatic carbocycles. The molecule has 1 aliphatic rings. The molecule has 0 radical (unpaired) electrons. The molecule has 0 fully saturated rings. The van der Waals surface area contributed by atoms with E-state index in [1.807, 2.05) is 12.1 Å². The lowest BCUT2D eigenvalue weighted by Gasteiger charge is -2.22. The van der Waals surface area contributed by atoms with E-state index in [1.165, 1.54) is 76.7 Å². The van der Waals surface area contributed by atoms with Crippen LogP contribution in [0.25, 0.3) is 110 Å². The molecule has 13 rings (SSSR count). The Morgan fingerprint density at radius 1 is 0.393 bits per heavy atom. The summed E-state index contributed by atoms with van der Waals surface area (Å²) in [5, 5.41) is 7.38. The van der Waals surface area contributed by atoms with Gasteiger partial charge in [0.1, 0.15) is 5.69 Å². The van der Waals surface area contributed by atoms with Crippen LogP contribution in [-0.4, -0.2) is 19.1 Å². The highest BCUT2D eigenvalue weighted by Gasteiger charge is 2.35. The van der Waals surface area contributed by atoms with Crippen LogP contribution in [0.2, 0.25) is 0 Å². The zero-order valence-corrected chi connectivity index (χ0v) is 33.8. The van der Waals surface area contributed by atoms with Crippen LogP contribution in [-0.2, 0) is 5.41 Å². The van der Waals surface area contributed by atoms with Crippen molar-refractivity contribution in [2.45, 2.75) is 19.3 Å². The molecule has 0 saturated carbocycles. The molecule has 0 aliphatic heterocycles. The van der Waals surface area contributed by atoms with E-state index in [4.69, 9.17) is 9.97 Å². The first kappa shape index (κ1) is 34.1. The summed E-state index contributed by atoms with van der Waals surface area (Å²) < 4.78 is 4.74. The molecule has 0 saturated heterocycles. The summed E-state index contributed by atoms with van der Waals surface area (Å²) in [6.07, 6.45) is 0. The van der Waals surface area contributed by atoms with E-state index in [-0.39, 0.29) is 5.41 Å². The summed E-state index contributed by atoms with van der Waals surface area (Å²) in [5.74, 6) is 0.827. The molecule has 3 aromatic heterocycles. The number of fused-ring (bicyclic) bond motifs is 12. The normalized spacial score (nSPS) is 13.2. The molecule has 286 valence electrons. The van der Waals surface area contributed by atoms with Gasteiger partial charge in [-0.3, -0.25) is 4.57 Å². The van der Waals surface area contributed by atoms with E-state index in [0.717, 1.165) is 44.8 Å². The van der Waals surface area contributed by atoms with Gasteiger partial charge in [-0.1, -0.05) is 141 Å². The van der Waals surface area contributed by atoms with Crippen molar-refractivity contribution in [1.29, 1.82) is 0 Å². The van der Waals surface area contributed by atoms with Gasteiger partial charge in [-0.05, 0) is 111 Å². The smallest absolute Gasteiger partial charge is 0.165 e. The zero-order chi connectivity index (χ0) is 40.4. The number of aromatic nitrogens is 4. The third kappa shape index (κ3) is 4.87. The van der Waals surface area contributed by atoms with E-state index >= 15 is 0 Å². The first-order chi connectivity index (χ1) is 30.0. The maximum atomic E-state index is 5.46. The largest absolute Gasteiger partial charge is 0.309 e. The van der Waals surface area contributed by atoms with Gasteiger partial charge >= 0.3 is 0 Å². The Morgan fingerprint density at radius 2 is 1.00 bits per heavy atom. The second kappa shape index (κ2) is 12.6. The Hall–Kier alpha value is -7.82. The molecule has 12 aromatic rings. The minimum Gasteiger partial charge on any atom is -0.309 e. The lowest BCUT2D eigenvalue weighted by molar-refractivity contribution is 0.660. The number of rotatable bonds is 4. The number of para-hydroxylation sites is 4. The summed E-state index contributed by atoms with van der Waals surface area (Å²) in [6, 6.07) is 70.5. The van der Waals surface area contributed by atoms with Crippen molar-refractivity contribution in [2.24, 2.45) is 0 Å². The van der Waals surface area contributed by atoms with Gasteiger partial charge in [0.25, 0.3) is 0 Å². The van der Waals surface area contributed by atoms with E-state index in [9.17, 15) is 0 Å². The minimum absolute atomic E-state index is 0.137. The summed E-state index contributed by atoms with van der Waals surface area (Å²) >= 11 is 0. The highest BCUT2D eigenvalue weighted by atomic mass is 15.1. The van der Waals surface area contributed by atoms with Crippen LogP contribution in [0.4, 0.5) is 0 Å². The van der Waals surface area contributed by atoms with Crippen molar-refractivity contribution in [3.05, 3.63) is 205 Å². The Bertz CT molecular complexity index is 3790. The fourth-order valence-electron chi connectivity index (χ4n) is 10.4. The number of hydrogen-bond donors (Lipinski definition) is 0. The van der Waals surface area contributed by atoms with Crippen molar-refractivity contribution in [3.8, 4) is 45.0 Å². The van der Waals surface area contributed by atoms with Crippen LogP contribution >= 0.6 is 0 Å². The van der Waals surface area contributed by atoms with Crippen LogP contribution in [0.5, 0.6) is 0 Å². The van der Waals surface area contributed by atoms with E-state index in [1.54, 1.807) is 0 Å². The average Bonchev–Trinajstić information content (AvgIpc) is 3.91. The number of nitrogens with zero attached hydrogens (tertiary/aromatic N) is 4. The Morgan fingerprint density at radius 3 is 1.84 bits per heavy atom. The molecule has 4 nitrogen and oxygen atoms in total. The van der Waals surface area contributed by atoms with Crippen molar-refractivity contribution < 1.29 is 0 Å². The first-order valence-electron chi connectivity index (χ1n) is 21.1. The van der Waals surface area contributed by atoms with Gasteiger partial charge in [-0.2, -0.15) is 0 Å². The summed E-state index contributed by atoms with van der Waals surface area (Å²) in [6.45, 7) is 4.67. The van der Waals surface area contributed by atoms with Crippen LogP contribution < -0.4 is 0 Å². The fraction of sp³-hybridized carbons (Fsp3) is 0.0526. The molecule has 4 heteroatoms. The highest BCUT2D eigenvalue weighted by molar-refractivity contribution is 6.22. The van der Waals surface area contributed by atoms with Gasteiger partial charge in [-0.25, -0.2) is 9.97 Å². The minimum atomic E-state index is -0.137. The number of benzene rings is 9. The van der Waals surface area contributed by atoms with E-state index < -0.39 is 0 Å². The monoisotopic (exact) mass is 778 g/mol. The van der Waals surface area contributed by atoms with Crippen LogP contribution in [0.15, 0.2) is 194 Å². The zero-order valence-electron chi connectivity index (χ0n) is 33.8. The third-order valence-electron chi connectivity index (χ3n) is 13.3. The molecule has 3 heterocycles. The summed E-state index contributed by atoms with van der Waals surface area (Å²) in [4.78, 5) is 10.9. The summed E-state index contributed by atoms with van der Waals surface area (Å²) in [7, 11) is 0. The Balaban J connectivity index is 1.03. The van der Waals surface area contributed by atoms with Gasteiger partial charge in [0.05, 0.1) is 33.1 Å². The molecule has 0 atom stereocenters. The number of hydrogen-bond acceptors (Lipinski definition) is 2. The molecular formula is C57H38N4. The molecule has 0 bridgehead atoms. The lowest BCUT2D eigenvalue weighted by atomic mass is 9.82. The Kier molecular flexibility index (Phi) is 7.04. The van der Waals surface area contributed by atoms with E-state index in [2.05, 4.69) is 205 Å². The highest BCUT2D eigenvalue weighted by Crippen LogP contribution is 2.50. The lowest BCUT2D eigenvalue weighted by Crippen LogP contribution is -2.15. The molecule has 1 aliphatic carbocycles. The molecule has 0 N–H and O–H groups in total. The quantitative estimate of drug-likeness (QED) is 0.178.